The maximum atomic E-state index is 12.7. The Labute approximate surface area is 225 Å². The Morgan fingerprint density at radius 2 is 1.71 bits per heavy atom. The van der Waals surface area contributed by atoms with Crippen LogP contribution in [0.2, 0.25) is 0 Å². The highest BCUT2D eigenvalue weighted by Gasteiger charge is 2.17. The number of aromatic nitrogens is 3. The van der Waals surface area contributed by atoms with E-state index in [1.807, 2.05) is 85.1 Å². The molecule has 1 N–H and O–H groups in total. The van der Waals surface area contributed by atoms with Gasteiger partial charge in [0.15, 0.2) is 22.5 Å². The zero-order valence-electron chi connectivity index (χ0n) is 21.7. The average molecular weight is 532 g/mol. The van der Waals surface area contributed by atoms with Gasteiger partial charge in [0.25, 0.3) is 5.91 Å². The number of ether oxygens (including phenoxy) is 3. The maximum Gasteiger partial charge on any atom is 0.250 e. The minimum atomic E-state index is -0.266. The van der Waals surface area contributed by atoms with Gasteiger partial charge >= 0.3 is 0 Å². The van der Waals surface area contributed by atoms with Crippen molar-refractivity contribution in [1.29, 1.82) is 0 Å². The van der Waals surface area contributed by atoms with E-state index < -0.39 is 0 Å². The molecule has 38 heavy (non-hydrogen) atoms. The van der Waals surface area contributed by atoms with Crippen molar-refractivity contribution in [2.24, 2.45) is 5.10 Å². The van der Waals surface area contributed by atoms with Crippen LogP contribution in [-0.4, -0.2) is 53.0 Å². The average Bonchev–Trinajstić information content (AvgIpc) is 3.39. The summed E-state index contributed by atoms with van der Waals surface area (Å²) in [6, 6.07) is 23.0. The summed E-state index contributed by atoms with van der Waals surface area (Å²) in [6.07, 6.45) is 0. The summed E-state index contributed by atoms with van der Waals surface area (Å²) >= 11 is 1.28. The van der Waals surface area contributed by atoms with Gasteiger partial charge in [0.1, 0.15) is 5.75 Å². The monoisotopic (exact) mass is 531 g/mol. The number of nitrogens with zero attached hydrogens (tertiary/aromatic N) is 4. The van der Waals surface area contributed by atoms with E-state index in [0.29, 0.717) is 34.8 Å². The number of hydrogen-bond acceptors (Lipinski definition) is 8. The molecule has 4 rings (SSSR count). The van der Waals surface area contributed by atoms with Crippen molar-refractivity contribution in [2.45, 2.75) is 19.0 Å². The molecule has 1 aromatic heterocycles. The van der Waals surface area contributed by atoms with Gasteiger partial charge in [-0.05, 0) is 56.3 Å². The summed E-state index contributed by atoms with van der Waals surface area (Å²) in [6.45, 7) is 4.34. The van der Waals surface area contributed by atoms with Crippen molar-refractivity contribution in [3.05, 3.63) is 78.4 Å². The summed E-state index contributed by atoms with van der Waals surface area (Å²) in [5.74, 6) is 2.51. The fourth-order valence-corrected chi connectivity index (χ4v) is 4.41. The number of thioether (sulfide) groups is 1. The molecule has 0 atom stereocenters. The molecule has 1 heterocycles. The third-order valence-electron chi connectivity index (χ3n) is 5.55. The number of hydrazone groups is 1. The Morgan fingerprint density at radius 3 is 2.39 bits per heavy atom. The quantitative estimate of drug-likeness (QED) is 0.165. The lowest BCUT2D eigenvalue weighted by atomic mass is 10.1. The van der Waals surface area contributed by atoms with Crippen LogP contribution in [0.5, 0.6) is 17.2 Å². The minimum absolute atomic E-state index is 0.104. The van der Waals surface area contributed by atoms with Crippen LogP contribution in [0.4, 0.5) is 0 Å². The predicted molar refractivity (Wildman–Crippen MR) is 149 cm³/mol. The third kappa shape index (κ3) is 6.33. The van der Waals surface area contributed by atoms with E-state index >= 15 is 0 Å². The van der Waals surface area contributed by atoms with Gasteiger partial charge in [0, 0.05) is 16.8 Å². The first-order chi connectivity index (χ1) is 18.5. The van der Waals surface area contributed by atoms with Gasteiger partial charge in [-0.3, -0.25) is 9.36 Å². The van der Waals surface area contributed by atoms with Gasteiger partial charge in [0.2, 0.25) is 0 Å². The first-order valence-corrected chi connectivity index (χ1v) is 12.9. The molecule has 9 nitrogen and oxygen atoms in total. The lowest BCUT2D eigenvalue weighted by Crippen LogP contribution is -2.21. The van der Waals surface area contributed by atoms with E-state index in [9.17, 15) is 4.79 Å². The first-order valence-electron chi connectivity index (χ1n) is 12.0. The highest BCUT2D eigenvalue weighted by atomic mass is 32.2. The van der Waals surface area contributed by atoms with Crippen LogP contribution in [0.1, 0.15) is 19.4 Å². The van der Waals surface area contributed by atoms with E-state index in [0.717, 1.165) is 22.6 Å². The lowest BCUT2D eigenvalue weighted by Gasteiger charge is -2.11. The molecule has 10 heteroatoms. The van der Waals surface area contributed by atoms with Crippen molar-refractivity contribution in [1.82, 2.24) is 20.2 Å². The molecule has 0 fully saturated rings. The molecule has 0 bridgehead atoms. The maximum absolute atomic E-state index is 12.7. The Bertz CT molecular complexity index is 1400. The number of methoxy groups -OCH3 is 2. The largest absolute Gasteiger partial charge is 0.494 e. The fourth-order valence-electron chi connectivity index (χ4n) is 3.66. The molecular formula is C28H29N5O4S. The van der Waals surface area contributed by atoms with Crippen LogP contribution >= 0.6 is 11.8 Å². The van der Waals surface area contributed by atoms with Crippen molar-refractivity contribution in [3.8, 4) is 34.3 Å². The van der Waals surface area contributed by atoms with E-state index in [1.165, 1.54) is 11.8 Å². The number of amides is 1. The number of rotatable bonds is 11. The molecule has 0 saturated heterocycles. The summed E-state index contributed by atoms with van der Waals surface area (Å²) in [5, 5.41) is 13.6. The fraction of sp³-hybridized carbons (Fsp3) is 0.214. The molecule has 0 aliphatic rings. The van der Waals surface area contributed by atoms with Crippen LogP contribution in [0.3, 0.4) is 0 Å². The lowest BCUT2D eigenvalue weighted by molar-refractivity contribution is -0.118. The number of nitrogens with one attached hydrogen (secondary N) is 1. The zero-order valence-corrected chi connectivity index (χ0v) is 22.5. The van der Waals surface area contributed by atoms with E-state index in [4.69, 9.17) is 14.2 Å². The van der Waals surface area contributed by atoms with Gasteiger partial charge in [-0.1, -0.05) is 42.1 Å². The van der Waals surface area contributed by atoms with Crippen molar-refractivity contribution < 1.29 is 19.0 Å². The second-order valence-electron chi connectivity index (χ2n) is 8.03. The summed E-state index contributed by atoms with van der Waals surface area (Å²) in [7, 11) is 3.15. The predicted octanol–water partition coefficient (Wildman–Crippen LogP) is 4.98. The Hall–Kier alpha value is -4.31. The molecule has 0 saturated carbocycles. The Balaban J connectivity index is 1.50. The summed E-state index contributed by atoms with van der Waals surface area (Å²) < 4.78 is 18.1. The molecule has 4 aromatic rings. The topological polar surface area (TPSA) is 99.9 Å². The molecular weight excluding hydrogens is 502 g/mol. The standard InChI is InChI=1S/C28H29N5O4S/c1-5-37-23-14-12-22(13-15-23)33-27(20-9-7-6-8-10-20)31-32-28(33)38-18-26(34)30-29-19(2)21-11-16-24(35-3)25(17-21)36-4/h6-17H,5,18H2,1-4H3,(H,30,34). The second kappa shape index (κ2) is 12.8. The smallest absolute Gasteiger partial charge is 0.250 e. The van der Waals surface area contributed by atoms with E-state index in [1.54, 1.807) is 20.3 Å². The zero-order chi connectivity index (χ0) is 26.9. The van der Waals surface area contributed by atoms with Gasteiger partial charge in [-0.25, -0.2) is 5.43 Å². The van der Waals surface area contributed by atoms with Gasteiger partial charge in [-0.15, -0.1) is 10.2 Å². The van der Waals surface area contributed by atoms with Gasteiger partial charge in [-0.2, -0.15) is 5.10 Å². The van der Waals surface area contributed by atoms with Crippen LogP contribution in [0.15, 0.2) is 83.1 Å². The van der Waals surface area contributed by atoms with Crippen molar-refractivity contribution >= 4 is 23.4 Å². The van der Waals surface area contributed by atoms with Crippen LogP contribution in [-0.2, 0) is 4.79 Å². The third-order valence-corrected chi connectivity index (χ3v) is 6.48. The number of hydrogen-bond donors (Lipinski definition) is 1. The summed E-state index contributed by atoms with van der Waals surface area (Å²) in [4.78, 5) is 12.7. The molecule has 196 valence electrons. The second-order valence-corrected chi connectivity index (χ2v) is 8.97. The van der Waals surface area contributed by atoms with Gasteiger partial charge < -0.3 is 14.2 Å². The normalized spacial score (nSPS) is 11.2. The Morgan fingerprint density at radius 1 is 0.974 bits per heavy atom. The molecule has 3 aromatic carbocycles. The highest BCUT2D eigenvalue weighted by Crippen LogP contribution is 2.29. The van der Waals surface area contributed by atoms with E-state index in [2.05, 4.69) is 20.7 Å². The summed E-state index contributed by atoms with van der Waals surface area (Å²) in [5.41, 5.74) is 5.84. The van der Waals surface area contributed by atoms with Gasteiger partial charge in [0.05, 0.1) is 32.3 Å². The molecule has 0 aliphatic carbocycles. The molecule has 1 amide bonds. The highest BCUT2D eigenvalue weighted by molar-refractivity contribution is 7.99. The van der Waals surface area contributed by atoms with Crippen molar-refractivity contribution in [3.63, 3.8) is 0 Å². The minimum Gasteiger partial charge on any atom is -0.494 e. The van der Waals surface area contributed by atoms with Crippen molar-refractivity contribution in [2.75, 3.05) is 26.6 Å². The first kappa shape index (κ1) is 26.7. The molecule has 0 spiro atoms. The number of benzene rings is 3. The van der Waals surface area contributed by atoms with E-state index in [-0.39, 0.29) is 11.7 Å². The molecule has 0 unspecified atom stereocenters. The SMILES string of the molecule is CCOc1ccc(-n2c(SCC(=O)NN=C(C)c3ccc(OC)c(OC)c3)nnc2-c2ccccc2)cc1. The van der Waals surface area contributed by atoms with Crippen LogP contribution < -0.4 is 19.6 Å². The molecule has 0 radical (unpaired) electrons. The van der Waals surface area contributed by atoms with Crippen LogP contribution in [0, 0.1) is 0 Å². The Kier molecular flexibility index (Phi) is 8.99. The number of carbonyl (C=O) groups is 1. The number of carbonyl (C=O) groups excluding carboxylic acids is 1. The molecule has 0 aliphatic heterocycles. The van der Waals surface area contributed by atoms with Crippen LogP contribution in [0.25, 0.3) is 17.1 Å².